The number of amides is 1. The van der Waals surface area contributed by atoms with Crippen molar-refractivity contribution < 1.29 is 19.1 Å². The lowest BCUT2D eigenvalue weighted by Crippen LogP contribution is -2.56. The van der Waals surface area contributed by atoms with Gasteiger partial charge in [0, 0.05) is 11.6 Å². The van der Waals surface area contributed by atoms with Crippen molar-refractivity contribution in [2.75, 3.05) is 13.7 Å². The van der Waals surface area contributed by atoms with E-state index in [4.69, 9.17) is 9.47 Å². The van der Waals surface area contributed by atoms with Gasteiger partial charge in [-0.05, 0) is 80.9 Å². The molecule has 4 saturated carbocycles. The zero-order valence-electron chi connectivity index (χ0n) is 15.5. The van der Waals surface area contributed by atoms with Gasteiger partial charge in [-0.1, -0.05) is 0 Å². The summed E-state index contributed by atoms with van der Waals surface area (Å²) < 4.78 is 11.0. The Morgan fingerprint density at radius 1 is 1.04 bits per heavy atom. The van der Waals surface area contributed by atoms with E-state index in [2.05, 4.69) is 5.32 Å². The van der Waals surface area contributed by atoms with Crippen LogP contribution in [0.1, 0.15) is 49.4 Å². The zero-order chi connectivity index (χ0) is 18.3. The van der Waals surface area contributed by atoms with Gasteiger partial charge in [0.15, 0.2) is 23.9 Å². The predicted octanol–water partition coefficient (Wildman–Crippen LogP) is 3.22. The number of hydrogen-bond acceptors (Lipinski definition) is 4. The molecule has 1 aromatic rings. The van der Waals surface area contributed by atoms with Gasteiger partial charge in [0.1, 0.15) is 0 Å². The second-order valence-corrected chi connectivity index (χ2v) is 8.23. The molecule has 0 aliphatic heterocycles. The lowest BCUT2D eigenvalue weighted by molar-refractivity contribution is -0.127. The Morgan fingerprint density at radius 3 is 2.27 bits per heavy atom. The van der Waals surface area contributed by atoms with Crippen LogP contribution in [0.4, 0.5) is 0 Å². The summed E-state index contributed by atoms with van der Waals surface area (Å²) in [6.45, 7) is 1.48. The van der Waals surface area contributed by atoms with Gasteiger partial charge in [-0.2, -0.15) is 0 Å². The summed E-state index contributed by atoms with van der Waals surface area (Å²) in [6, 6.07) is 5.34. The molecule has 0 radical (unpaired) electrons. The van der Waals surface area contributed by atoms with Crippen LogP contribution in [-0.2, 0) is 4.79 Å². The maximum atomic E-state index is 12.5. The number of Topliss-reactive ketones (excluding diaryl/α,β-unsaturated/α-hetero) is 1. The normalized spacial score (nSPS) is 31.5. The van der Waals surface area contributed by atoms with Gasteiger partial charge in [0.25, 0.3) is 5.91 Å². The highest BCUT2D eigenvalue weighted by Gasteiger charge is 2.48. The number of ketones is 1. The molecular weight excluding hydrogens is 330 g/mol. The van der Waals surface area contributed by atoms with Gasteiger partial charge in [-0.25, -0.2) is 0 Å². The first-order chi connectivity index (χ1) is 12.5. The quantitative estimate of drug-likeness (QED) is 0.794. The highest BCUT2D eigenvalue weighted by Crippen LogP contribution is 2.53. The molecule has 1 N–H and O–H groups in total. The third kappa shape index (κ3) is 3.31. The summed E-state index contributed by atoms with van der Waals surface area (Å²) in [5, 5.41) is 3.24. The van der Waals surface area contributed by atoms with Gasteiger partial charge in [0.2, 0.25) is 0 Å². The Labute approximate surface area is 154 Å². The van der Waals surface area contributed by atoms with Crippen molar-refractivity contribution in [3.8, 4) is 11.5 Å². The minimum absolute atomic E-state index is 0.0292. The van der Waals surface area contributed by atoms with E-state index in [9.17, 15) is 9.59 Å². The number of carbonyl (C=O) groups is 2. The van der Waals surface area contributed by atoms with Gasteiger partial charge >= 0.3 is 0 Å². The summed E-state index contributed by atoms with van der Waals surface area (Å²) in [5.74, 6) is 3.95. The van der Waals surface area contributed by atoms with Crippen LogP contribution in [0.25, 0.3) is 0 Å². The second kappa shape index (κ2) is 6.93. The van der Waals surface area contributed by atoms with E-state index >= 15 is 0 Å². The van der Waals surface area contributed by atoms with Crippen LogP contribution in [0.15, 0.2) is 18.2 Å². The van der Waals surface area contributed by atoms with Crippen LogP contribution < -0.4 is 14.8 Å². The van der Waals surface area contributed by atoms with E-state index in [0.29, 0.717) is 34.9 Å². The topological polar surface area (TPSA) is 64.6 Å². The first kappa shape index (κ1) is 17.4. The first-order valence-corrected chi connectivity index (χ1v) is 9.64. The maximum absolute atomic E-state index is 12.5. The maximum Gasteiger partial charge on any atom is 0.258 e. The standard InChI is InChI=1S/C21H27NO4/c1-12(23)15-3-4-18(19(10-15)25-2)26-11-20(24)22-21-16-6-13-5-14(8-16)9-17(21)7-13/h3-4,10,13-14,16-17,21H,5-9,11H2,1-2H3,(H,22,24). The minimum Gasteiger partial charge on any atom is -0.493 e. The average molecular weight is 357 g/mol. The van der Waals surface area contributed by atoms with E-state index in [0.717, 1.165) is 11.8 Å². The van der Waals surface area contributed by atoms with Crippen LogP contribution in [0, 0.1) is 23.7 Å². The molecule has 0 spiro atoms. The smallest absolute Gasteiger partial charge is 0.258 e. The lowest BCUT2D eigenvalue weighted by Gasteiger charge is -2.54. The SMILES string of the molecule is COc1cc(C(C)=O)ccc1OCC(=O)NC1C2CC3CC(C2)CC1C3. The van der Waals surface area contributed by atoms with Crippen LogP contribution >= 0.6 is 0 Å². The summed E-state index contributed by atoms with van der Waals surface area (Å²) in [5.41, 5.74) is 0.562. The van der Waals surface area contributed by atoms with Gasteiger partial charge in [-0.15, -0.1) is 0 Å². The number of ether oxygens (including phenoxy) is 2. The van der Waals surface area contributed by atoms with E-state index in [1.165, 1.54) is 46.1 Å². The zero-order valence-corrected chi connectivity index (χ0v) is 15.5. The Bertz CT molecular complexity index is 686. The monoisotopic (exact) mass is 357 g/mol. The van der Waals surface area contributed by atoms with Crippen molar-refractivity contribution in [1.29, 1.82) is 0 Å². The fraction of sp³-hybridized carbons (Fsp3) is 0.619. The molecule has 140 valence electrons. The molecule has 1 amide bonds. The molecule has 5 nitrogen and oxygen atoms in total. The minimum atomic E-state index is -0.0693. The molecule has 4 fully saturated rings. The molecular formula is C21H27NO4. The molecule has 0 aromatic heterocycles. The fourth-order valence-electron chi connectivity index (χ4n) is 5.54. The van der Waals surface area contributed by atoms with Gasteiger partial charge in [0.05, 0.1) is 7.11 Å². The van der Waals surface area contributed by atoms with E-state index in [1.54, 1.807) is 18.2 Å². The molecule has 26 heavy (non-hydrogen) atoms. The first-order valence-electron chi connectivity index (χ1n) is 9.64. The molecule has 0 saturated heterocycles. The summed E-state index contributed by atoms with van der Waals surface area (Å²) in [6.07, 6.45) is 6.52. The second-order valence-electron chi connectivity index (χ2n) is 8.23. The lowest BCUT2D eigenvalue weighted by atomic mass is 9.54. The third-order valence-electron chi connectivity index (χ3n) is 6.48. The Hall–Kier alpha value is -2.04. The highest BCUT2D eigenvalue weighted by atomic mass is 16.5. The van der Waals surface area contributed by atoms with E-state index < -0.39 is 0 Å². The molecule has 5 heteroatoms. The number of hydrogen-bond donors (Lipinski definition) is 1. The Balaban J connectivity index is 1.35. The number of methoxy groups -OCH3 is 1. The van der Waals surface area contributed by atoms with Crippen molar-refractivity contribution in [1.82, 2.24) is 5.32 Å². The third-order valence-corrected chi connectivity index (χ3v) is 6.48. The molecule has 4 bridgehead atoms. The Morgan fingerprint density at radius 2 is 1.69 bits per heavy atom. The molecule has 0 atom stereocenters. The molecule has 4 aliphatic rings. The van der Waals surface area contributed by atoms with Crippen molar-refractivity contribution >= 4 is 11.7 Å². The van der Waals surface area contributed by atoms with Crippen LogP contribution in [0.5, 0.6) is 11.5 Å². The number of benzene rings is 1. The highest BCUT2D eigenvalue weighted by molar-refractivity contribution is 5.94. The molecule has 5 rings (SSSR count). The predicted molar refractivity (Wildman–Crippen MR) is 97.5 cm³/mol. The molecule has 1 aromatic carbocycles. The summed E-state index contributed by atoms with van der Waals surface area (Å²) in [4.78, 5) is 23.9. The van der Waals surface area contributed by atoms with E-state index in [-0.39, 0.29) is 18.3 Å². The van der Waals surface area contributed by atoms with Crippen LogP contribution in [0.2, 0.25) is 0 Å². The van der Waals surface area contributed by atoms with Crippen molar-refractivity contribution in [3.05, 3.63) is 23.8 Å². The largest absolute Gasteiger partial charge is 0.493 e. The number of carbonyl (C=O) groups excluding carboxylic acids is 2. The molecule has 0 heterocycles. The van der Waals surface area contributed by atoms with Crippen molar-refractivity contribution in [2.24, 2.45) is 23.7 Å². The molecule has 4 aliphatic carbocycles. The van der Waals surface area contributed by atoms with Gasteiger partial charge < -0.3 is 14.8 Å². The number of rotatable bonds is 6. The molecule has 0 unspecified atom stereocenters. The van der Waals surface area contributed by atoms with Gasteiger partial charge in [-0.3, -0.25) is 9.59 Å². The van der Waals surface area contributed by atoms with Crippen molar-refractivity contribution in [2.45, 2.75) is 45.1 Å². The summed E-state index contributed by atoms with van der Waals surface area (Å²) in [7, 11) is 1.53. The van der Waals surface area contributed by atoms with E-state index in [1.807, 2.05) is 0 Å². The Kier molecular flexibility index (Phi) is 4.63. The number of nitrogens with one attached hydrogen (secondary N) is 1. The fourth-order valence-corrected chi connectivity index (χ4v) is 5.54. The summed E-state index contributed by atoms with van der Waals surface area (Å²) >= 11 is 0. The van der Waals surface area contributed by atoms with Crippen LogP contribution in [-0.4, -0.2) is 31.4 Å². The van der Waals surface area contributed by atoms with Crippen molar-refractivity contribution in [3.63, 3.8) is 0 Å². The van der Waals surface area contributed by atoms with Crippen LogP contribution in [0.3, 0.4) is 0 Å². The average Bonchev–Trinajstić information content (AvgIpc) is 2.62.